The van der Waals surface area contributed by atoms with E-state index in [0.29, 0.717) is 43.0 Å². The molecule has 3 saturated carbocycles. The minimum absolute atomic E-state index is 0.266. The molecule has 116 valence electrons. The van der Waals surface area contributed by atoms with Crippen molar-refractivity contribution >= 4 is 12.4 Å². The monoisotopic (exact) mass is 292 g/mol. The van der Waals surface area contributed by atoms with E-state index in [2.05, 4.69) is 6.58 Å². The Hall–Kier alpha value is -1.32. The molecule has 0 radical (unpaired) electrons. The topological polar surface area (TPSA) is 52.6 Å². The number of esters is 1. The van der Waals surface area contributed by atoms with Gasteiger partial charge in [0.25, 0.3) is 6.47 Å². The number of carbonyl (C=O) groups excluding carboxylic acids is 2. The fourth-order valence-corrected chi connectivity index (χ4v) is 5.13. The van der Waals surface area contributed by atoms with Crippen LogP contribution in [0.25, 0.3) is 0 Å². The first-order chi connectivity index (χ1) is 10.1. The molecular formula is C17H24O4. The average molecular weight is 292 g/mol. The maximum atomic E-state index is 11.5. The van der Waals surface area contributed by atoms with Gasteiger partial charge in [-0.1, -0.05) is 6.58 Å². The van der Waals surface area contributed by atoms with E-state index in [9.17, 15) is 9.59 Å². The number of rotatable bonds is 6. The van der Waals surface area contributed by atoms with Crippen molar-refractivity contribution in [1.82, 2.24) is 0 Å². The molecule has 0 aromatic rings. The highest BCUT2D eigenvalue weighted by Gasteiger charge is 2.55. The van der Waals surface area contributed by atoms with Gasteiger partial charge in [-0.25, -0.2) is 4.79 Å². The van der Waals surface area contributed by atoms with Gasteiger partial charge >= 0.3 is 5.97 Å². The Bertz CT molecular complexity index is 444. The highest BCUT2D eigenvalue weighted by Crippen LogP contribution is 2.62. The SMILES string of the molecule is C=C(C)C(=O)OCC1C[C@@H]2CC1C1CC(COC=O)CC12. The first kappa shape index (κ1) is 14.6. The van der Waals surface area contributed by atoms with Crippen LogP contribution in [0.5, 0.6) is 0 Å². The molecule has 5 unspecified atom stereocenters. The van der Waals surface area contributed by atoms with Crippen LogP contribution in [0, 0.1) is 35.5 Å². The van der Waals surface area contributed by atoms with Gasteiger partial charge in [0.05, 0.1) is 13.2 Å². The summed E-state index contributed by atoms with van der Waals surface area (Å²) in [4.78, 5) is 21.9. The summed E-state index contributed by atoms with van der Waals surface area (Å²) in [6.45, 7) is 6.99. The van der Waals surface area contributed by atoms with Crippen LogP contribution >= 0.6 is 0 Å². The zero-order chi connectivity index (χ0) is 15.0. The van der Waals surface area contributed by atoms with Crippen molar-refractivity contribution in [3.8, 4) is 0 Å². The molecule has 0 aromatic carbocycles. The molecule has 4 nitrogen and oxygen atoms in total. The zero-order valence-electron chi connectivity index (χ0n) is 12.6. The van der Waals surface area contributed by atoms with E-state index < -0.39 is 0 Å². The van der Waals surface area contributed by atoms with Crippen LogP contribution in [0.1, 0.15) is 32.6 Å². The Morgan fingerprint density at radius 2 is 1.90 bits per heavy atom. The van der Waals surface area contributed by atoms with E-state index in [4.69, 9.17) is 9.47 Å². The fraction of sp³-hybridized carbons (Fsp3) is 0.765. The van der Waals surface area contributed by atoms with E-state index in [1.807, 2.05) is 0 Å². The van der Waals surface area contributed by atoms with E-state index in [-0.39, 0.29) is 5.97 Å². The molecule has 0 aliphatic heterocycles. The quantitative estimate of drug-likeness (QED) is 0.429. The molecule has 3 aliphatic rings. The lowest BCUT2D eigenvalue weighted by atomic mass is 9.76. The average Bonchev–Trinajstić information content (AvgIpc) is 3.12. The van der Waals surface area contributed by atoms with Crippen LogP contribution < -0.4 is 0 Å². The van der Waals surface area contributed by atoms with Crippen molar-refractivity contribution in [3.05, 3.63) is 12.2 Å². The fourth-order valence-electron chi connectivity index (χ4n) is 5.13. The molecule has 3 aliphatic carbocycles. The number of fused-ring (bicyclic) bond motifs is 5. The summed E-state index contributed by atoms with van der Waals surface area (Å²) < 4.78 is 10.3. The third kappa shape index (κ3) is 2.72. The summed E-state index contributed by atoms with van der Waals surface area (Å²) in [7, 11) is 0. The molecule has 0 aromatic heterocycles. The molecule has 0 N–H and O–H groups in total. The molecular weight excluding hydrogens is 268 g/mol. The lowest BCUT2D eigenvalue weighted by Crippen LogP contribution is -2.28. The second kappa shape index (κ2) is 5.82. The van der Waals surface area contributed by atoms with Gasteiger partial charge in [-0.15, -0.1) is 0 Å². The van der Waals surface area contributed by atoms with Crippen LogP contribution in [0.2, 0.25) is 0 Å². The van der Waals surface area contributed by atoms with Gasteiger partial charge in [-0.2, -0.15) is 0 Å². The number of ether oxygens (including phenoxy) is 2. The second-order valence-corrected chi connectivity index (χ2v) is 7.13. The van der Waals surface area contributed by atoms with Crippen molar-refractivity contribution in [1.29, 1.82) is 0 Å². The van der Waals surface area contributed by atoms with E-state index in [1.165, 1.54) is 25.7 Å². The molecule has 6 atom stereocenters. The molecule has 0 amide bonds. The highest BCUT2D eigenvalue weighted by molar-refractivity contribution is 5.86. The van der Waals surface area contributed by atoms with Crippen molar-refractivity contribution in [2.75, 3.05) is 13.2 Å². The molecule has 0 heterocycles. The van der Waals surface area contributed by atoms with Crippen LogP contribution in [-0.4, -0.2) is 25.7 Å². The lowest BCUT2D eigenvalue weighted by Gasteiger charge is -2.31. The van der Waals surface area contributed by atoms with Crippen molar-refractivity contribution in [3.63, 3.8) is 0 Å². The van der Waals surface area contributed by atoms with Crippen molar-refractivity contribution < 1.29 is 19.1 Å². The summed E-state index contributed by atoms with van der Waals surface area (Å²) in [6, 6.07) is 0. The number of hydrogen-bond donors (Lipinski definition) is 0. The lowest BCUT2D eigenvalue weighted by molar-refractivity contribution is -0.141. The Balaban J connectivity index is 1.53. The Morgan fingerprint density at radius 3 is 2.62 bits per heavy atom. The first-order valence-corrected chi connectivity index (χ1v) is 7.98. The predicted molar refractivity (Wildman–Crippen MR) is 77.2 cm³/mol. The van der Waals surface area contributed by atoms with Gasteiger partial charge in [0.1, 0.15) is 0 Å². The first-order valence-electron chi connectivity index (χ1n) is 7.98. The van der Waals surface area contributed by atoms with Crippen LogP contribution in [0.15, 0.2) is 12.2 Å². The molecule has 3 rings (SSSR count). The molecule has 21 heavy (non-hydrogen) atoms. The highest BCUT2D eigenvalue weighted by atomic mass is 16.5. The summed E-state index contributed by atoms with van der Waals surface area (Å²) in [6.07, 6.45) is 4.87. The summed E-state index contributed by atoms with van der Waals surface area (Å²) in [5.74, 6) is 3.82. The smallest absolute Gasteiger partial charge is 0.333 e. The van der Waals surface area contributed by atoms with Crippen molar-refractivity contribution in [2.45, 2.75) is 32.6 Å². The Kier molecular flexibility index (Phi) is 4.05. The predicted octanol–water partition coefficient (Wildman–Crippen LogP) is 2.58. The van der Waals surface area contributed by atoms with Crippen LogP contribution in [-0.2, 0) is 19.1 Å². The van der Waals surface area contributed by atoms with Gasteiger partial charge < -0.3 is 9.47 Å². The second-order valence-electron chi connectivity index (χ2n) is 7.13. The van der Waals surface area contributed by atoms with E-state index in [0.717, 1.165) is 17.8 Å². The zero-order valence-corrected chi connectivity index (χ0v) is 12.6. The Morgan fingerprint density at radius 1 is 1.14 bits per heavy atom. The minimum Gasteiger partial charge on any atom is -0.468 e. The summed E-state index contributed by atoms with van der Waals surface area (Å²) in [5, 5.41) is 0. The van der Waals surface area contributed by atoms with Crippen molar-refractivity contribution in [2.24, 2.45) is 35.5 Å². The third-order valence-electron chi connectivity index (χ3n) is 5.88. The normalized spacial score (nSPS) is 39.9. The molecule has 3 fully saturated rings. The molecule has 0 saturated heterocycles. The van der Waals surface area contributed by atoms with E-state index >= 15 is 0 Å². The maximum Gasteiger partial charge on any atom is 0.333 e. The van der Waals surface area contributed by atoms with E-state index in [1.54, 1.807) is 6.92 Å². The van der Waals surface area contributed by atoms with Crippen LogP contribution in [0.4, 0.5) is 0 Å². The van der Waals surface area contributed by atoms with Gasteiger partial charge in [0, 0.05) is 5.57 Å². The minimum atomic E-state index is -0.266. The molecule has 4 heteroatoms. The standard InChI is InChI=1S/C17H24O4/c1-10(2)17(19)21-8-13-5-12-6-15(13)16-4-11(3-14(12)16)7-20-9-18/h9,11-16H,1,3-8H2,2H3/t11?,12-,13?,14?,15?,16?/m1/s1. The number of carbonyl (C=O) groups is 2. The van der Waals surface area contributed by atoms with Gasteiger partial charge in [0.15, 0.2) is 0 Å². The molecule has 0 spiro atoms. The Labute approximate surface area is 125 Å². The summed E-state index contributed by atoms with van der Waals surface area (Å²) in [5.41, 5.74) is 0.475. The maximum absolute atomic E-state index is 11.5. The number of hydrogen-bond acceptors (Lipinski definition) is 4. The third-order valence-corrected chi connectivity index (χ3v) is 5.88. The van der Waals surface area contributed by atoms with Crippen LogP contribution in [0.3, 0.4) is 0 Å². The van der Waals surface area contributed by atoms with Gasteiger partial charge in [-0.3, -0.25) is 4.79 Å². The largest absolute Gasteiger partial charge is 0.468 e. The molecule has 2 bridgehead atoms. The van der Waals surface area contributed by atoms with Gasteiger partial charge in [0.2, 0.25) is 0 Å². The summed E-state index contributed by atoms with van der Waals surface area (Å²) >= 11 is 0. The van der Waals surface area contributed by atoms with Gasteiger partial charge in [-0.05, 0) is 68.1 Å².